The van der Waals surface area contributed by atoms with Gasteiger partial charge in [-0.3, -0.25) is 14.4 Å². The first-order valence-corrected chi connectivity index (χ1v) is 3.50. The largest absolute Gasteiger partial charge is 0.538 e. The van der Waals surface area contributed by atoms with Crippen molar-refractivity contribution in [1.82, 2.24) is 5.06 Å². The molecular weight excluding hydrogens is 178 g/mol. The minimum atomic E-state index is -1.15. The van der Waals surface area contributed by atoms with Gasteiger partial charge in [0.2, 0.25) is 0 Å². The van der Waals surface area contributed by atoms with Crippen LogP contribution in [0.3, 0.4) is 0 Å². The Bertz CT molecular complexity index is 256. The van der Waals surface area contributed by atoms with E-state index in [9.17, 15) is 14.4 Å². The third-order valence-electron chi connectivity index (χ3n) is 1.35. The molecule has 6 heteroatoms. The number of hydrogen-bond acceptors (Lipinski definition) is 5. The summed E-state index contributed by atoms with van der Waals surface area (Å²) in [4.78, 5) is 36.6. The summed E-state index contributed by atoms with van der Waals surface area (Å²) in [5, 5.41) is 0.395. The molecule has 13 heavy (non-hydrogen) atoms. The second-order valence-electron chi connectivity index (χ2n) is 2.21. The molecule has 1 saturated heterocycles. The number of rotatable bonds is 2. The molecule has 1 fully saturated rings. The molecule has 6 nitrogen and oxygen atoms in total. The van der Waals surface area contributed by atoms with Crippen LogP contribution in [0.5, 0.6) is 0 Å². The number of amides is 2. The smallest absolute Gasteiger partial charge is 0.402 e. The van der Waals surface area contributed by atoms with Gasteiger partial charge in [-0.15, -0.1) is 0 Å². The highest BCUT2D eigenvalue weighted by atomic mass is 16.8. The average Bonchev–Trinajstić information content (AvgIpc) is 2.36. The maximum atomic E-state index is 10.9. The van der Waals surface area contributed by atoms with Gasteiger partial charge >= 0.3 is 6.16 Å². The van der Waals surface area contributed by atoms with Crippen molar-refractivity contribution in [2.45, 2.75) is 12.8 Å². The number of ether oxygens (including phenoxy) is 1. The second kappa shape index (κ2) is 3.70. The number of carbonyl (C=O) groups is 3. The predicted molar refractivity (Wildman–Crippen MR) is 38.9 cm³/mol. The quantitative estimate of drug-likeness (QED) is 0.352. The molecule has 0 saturated carbocycles. The predicted octanol–water partition coefficient (Wildman–Crippen LogP) is 0.347. The molecule has 0 unspecified atom stereocenters. The van der Waals surface area contributed by atoms with Crippen LogP contribution in [0.2, 0.25) is 0 Å². The number of nitrogens with zero attached hydrogens (tertiary/aromatic N) is 1. The van der Waals surface area contributed by atoms with E-state index in [1.165, 1.54) is 0 Å². The molecule has 0 atom stereocenters. The van der Waals surface area contributed by atoms with Gasteiger partial charge in [-0.1, -0.05) is 11.6 Å². The number of hydrogen-bond donors (Lipinski definition) is 0. The molecule has 2 amide bonds. The van der Waals surface area contributed by atoms with Gasteiger partial charge in [0.1, 0.15) is 0 Å². The number of imide groups is 1. The Morgan fingerprint density at radius 1 is 1.38 bits per heavy atom. The highest BCUT2D eigenvalue weighted by molar-refractivity contribution is 6.01. The van der Waals surface area contributed by atoms with Gasteiger partial charge in [0.25, 0.3) is 11.8 Å². The number of hydroxylamine groups is 2. The lowest BCUT2D eigenvalue weighted by Crippen LogP contribution is -2.31. The van der Waals surface area contributed by atoms with Crippen molar-refractivity contribution in [2.24, 2.45) is 0 Å². The Morgan fingerprint density at radius 2 is 1.92 bits per heavy atom. The summed E-state index contributed by atoms with van der Waals surface area (Å²) in [5.74, 6) is -1.10. The Labute approximate surface area is 73.7 Å². The zero-order valence-electron chi connectivity index (χ0n) is 6.69. The van der Waals surface area contributed by atoms with Crippen molar-refractivity contribution in [1.29, 1.82) is 0 Å². The normalized spacial score (nSPS) is 15.8. The van der Waals surface area contributed by atoms with Crippen LogP contribution in [0, 0.1) is 0 Å². The summed E-state index contributed by atoms with van der Waals surface area (Å²) in [6.07, 6.45) is -0.202. The van der Waals surface area contributed by atoms with Gasteiger partial charge in [0.05, 0.1) is 6.26 Å². The lowest BCUT2D eigenvalue weighted by atomic mass is 10.4. The zero-order chi connectivity index (χ0) is 9.84. The molecule has 1 heterocycles. The molecule has 0 spiro atoms. The summed E-state index contributed by atoms with van der Waals surface area (Å²) < 4.78 is 4.16. The summed E-state index contributed by atoms with van der Waals surface area (Å²) in [6, 6.07) is 0. The van der Waals surface area contributed by atoms with Crippen molar-refractivity contribution in [3.8, 4) is 0 Å². The Morgan fingerprint density at radius 3 is 2.38 bits per heavy atom. The molecule has 1 rings (SSSR count). The van der Waals surface area contributed by atoms with Gasteiger partial charge in [-0.05, 0) is 0 Å². The maximum Gasteiger partial charge on any atom is 0.538 e. The maximum absolute atomic E-state index is 10.9. The van der Waals surface area contributed by atoms with Crippen molar-refractivity contribution in [2.75, 3.05) is 0 Å². The van der Waals surface area contributed by atoms with E-state index in [0.717, 1.165) is 6.26 Å². The molecule has 0 aromatic carbocycles. The van der Waals surface area contributed by atoms with E-state index in [1.807, 2.05) is 0 Å². The van der Waals surface area contributed by atoms with Crippen LogP contribution < -0.4 is 0 Å². The summed E-state index contributed by atoms with van der Waals surface area (Å²) in [6.45, 7) is 3.10. The fourth-order valence-electron chi connectivity index (χ4n) is 0.822. The van der Waals surface area contributed by atoms with E-state index < -0.39 is 18.0 Å². The van der Waals surface area contributed by atoms with Crippen LogP contribution in [-0.4, -0.2) is 23.0 Å². The molecule has 1 aliphatic heterocycles. The van der Waals surface area contributed by atoms with Crippen LogP contribution in [0.15, 0.2) is 12.8 Å². The van der Waals surface area contributed by atoms with Crippen LogP contribution in [-0.2, 0) is 19.2 Å². The molecule has 0 radical (unpaired) electrons. The van der Waals surface area contributed by atoms with Crippen molar-refractivity contribution in [3.05, 3.63) is 12.8 Å². The molecule has 70 valence electrons. The summed E-state index contributed by atoms with van der Waals surface area (Å²) in [5.41, 5.74) is 0. The standard InChI is InChI=1S/C7H7NO5/c1-2-12-7(11)13-8-5(9)3-4-6(8)10/h2H,1,3-4H2. The van der Waals surface area contributed by atoms with E-state index in [-0.39, 0.29) is 12.8 Å². The third kappa shape index (κ3) is 2.05. The molecular formula is C7H7NO5. The molecule has 0 N–H and O–H groups in total. The van der Waals surface area contributed by atoms with Crippen molar-refractivity contribution in [3.63, 3.8) is 0 Å². The Kier molecular flexibility index (Phi) is 2.63. The van der Waals surface area contributed by atoms with Gasteiger partial charge in [-0.25, -0.2) is 4.79 Å². The van der Waals surface area contributed by atoms with Crippen LogP contribution in [0.25, 0.3) is 0 Å². The van der Waals surface area contributed by atoms with Gasteiger partial charge < -0.3 is 4.74 Å². The van der Waals surface area contributed by atoms with Gasteiger partial charge in [0, 0.05) is 12.8 Å². The second-order valence-corrected chi connectivity index (χ2v) is 2.21. The van der Waals surface area contributed by atoms with E-state index in [4.69, 9.17) is 0 Å². The number of carbonyl (C=O) groups excluding carboxylic acids is 3. The summed E-state index contributed by atoms with van der Waals surface area (Å²) >= 11 is 0. The SMILES string of the molecule is C=COC(=O)ON1C(=O)CCC1=O. The monoisotopic (exact) mass is 185 g/mol. The molecule has 1 aliphatic rings. The third-order valence-corrected chi connectivity index (χ3v) is 1.35. The lowest BCUT2D eigenvalue weighted by molar-refractivity contribution is -0.175. The highest BCUT2D eigenvalue weighted by Gasteiger charge is 2.33. The minimum absolute atomic E-state index is 0.0558. The van der Waals surface area contributed by atoms with E-state index in [0.29, 0.717) is 5.06 Å². The van der Waals surface area contributed by atoms with Crippen LogP contribution in [0.4, 0.5) is 4.79 Å². The highest BCUT2D eigenvalue weighted by Crippen LogP contribution is 2.12. The first kappa shape index (κ1) is 9.24. The summed E-state index contributed by atoms with van der Waals surface area (Å²) in [7, 11) is 0. The van der Waals surface area contributed by atoms with E-state index >= 15 is 0 Å². The average molecular weight is 185 g/mol. The van der Waals surface area contributed by atoms with Crippen LogP contribution >= 0.6 is 0 Å². The molecule has 0 aliphatic carbocycles. The Balaban J connectivity index is 2.52. The first-order chi connectivity index (χ1) is 6.15. The zero-order valence-corrected chi connectivity index (χ0v) is 6.69. The topological polar surface area (TPSA) is 72.9 Å². The first-order valence-electron chi connectivity index (χ1n) is 3.50. The molecule has 0 bridgehead atoms. The van der Waals surface area contributed by atoms with Gasteiger partial charge in [0.15, 0.2) is 0 Å². The van der Waals surface area contributed by atoms with Crippen molar-refractivity contribution >= 4 is 18.0 Å². The fourth-order valence-corrected chi connectivity index (χ4v) is 0.822. The molecule has 0 aromatic rings. The minimum Gasteiger partial charge on any atom is -0.402 e. The van der Waals surface area contributed by atoms with E-state index in [1.54, 1.807) is 0 Å². The fraction of sp³-hybridized carbons (Fsp3) is 0.286. The van der Waals surface area contributed by atoms with Crippen molar-refractivity contribution < 1.29 is 24.0 Å². The van der Waals surface area contributed by atoms with Crippen LogP contribution in [0.1, 0.15) is 12.8 Å². The lowest BCUT2D eigenvalue weighted by Gasteiger charge is -2.10. The molecule has 0 aromatic heterocycles. The van der Waals surface area contributed by atoms with Gasteiger partial charge in [-0.2, -0.15) is 0 Å². The Hall–Kier alpha value is -1.85. The van der Waals surface area contributed by atoms with E-state index in [2.05, 4.69) is 16.2 Å².